The molecule has 3 rings (SSSR count). The number of benzene rings is 1. The topological polar surface area (TPSA) is 33.7 Å². The monoisotopic (exact) mass is 290 g/mol. The maximum Gasteiger partial charge on any atom is 0.162 e. The van der Waals surface area contributed by atoms with E-state index in [4.69, 9.17) is 9.47 Å². The number of likely N-dealkylation sites (tertiary alicyclic amines) is 1. The molecule has 0 radical (unpaired) electrons. The van der Waals surface area contributed by atoms with Gasteiger partial charge in [0, 0.05) is 36.4 Å². The lowest BCUT2D eigenvalue weighted by atomic mass is 10.1. The molecule has 116 valence electrons. The second kappa shape index (κ2) is 5.76. The molecule has 1 aromatic rings. The van der Waals surface area contributed by atoms with Crippen molar-refractivity contribution in [3.05, 3.63) is 17.7 Å². The van der Waals surface area contributed by atoms with E-state index in [2.05, 4.69) is 30.1 Å². The van der Waals surface area contributed by atoms with Gasteiger partial charge in [-0.1, -0.05) is 0 Å². The van der Waals surface area contributed by atoms with E-state index >= 15 is 0 Å². The number of aryl methyl sites for hydroxylation is 1. The summed E-state index contributed by atoms with van der Waals surface area (Å²) in [7, 11) is 3.36. The number of anilines is 1. The van der Waals surface area contributed by atoms with Crippen molar-refractivity contribution >= 4 is 5.69 Å². The van der Waals surface area contributed by atoms with E-state index in [1.165, 1.54) is 24.8 Å². The fourth-order valence-electron chi connectivity index (χ4n) is 3.43. The minimum atomic E-state index is 0.525. The Kier molecular flexibility index (Phi) is 3.98. The summed E-state index contributed by atoms with van der Waals surface area (Å²) in [4.78, 5) is 2.66. The molecular weight excluding hydrogens is 264 g/mol. The van der Waals surface area contributed by atoms with Crippen molar-refractivity contribution in [1.29, 1.82) is 0 Å². The number of ether oxygens (including phenoxy) is 2. The number of hydrogen-bond acceptors (Lipinski definition) is 4. The average Bonchev–Trinajstić information content (AvgIpc) is 3.25. The van der Waals surface area contributed by atoms with E-state index in [0.717, 1.165) is 29.8 Å². The van der Waals surface area contributed by atoms with E-state index in [9.17, 15) is 0 Å². The van der Waals surface area contributed by atoms with Crippen molar-refractivity contribution in [1.82, 2.24) is 4.90 Å². The Morgan fingerprint density at radius 2 is 1.81 bits per heavy atom. The molecule has 0 amide bonds. The minimum Gasteiger partial charge on any atom is -0.493 e. The van der Waals surface area contributed by atoms with Crippen LogP contribution >= 0.6 is 0 Å². The highest BCUT2D eigenvalue weighted by Crippen LogP contribution is 2.36. The highest BCUT2D eigenvalue weighted by molar-refractivity contribution is 5.60. The standard InChI is InChI=1S/C17H26N2O2/c1-11-7-16(20-3)17(21-4)9-15(11)18-13-8-12(2)19(10-13)14-5-6-14/h7,9,12-14,18H,5-6,8,10H2,1-4H3. The Morgan fingerprint density at radius 1 is 1.14 bits per heavy atom. The molecule has 0 aromatic heterocycles. The van der Waals surface area contributed by atoms with E-state index < -0.39 is 0 Å². The van der Waals surface area contributed by atoms with Crippen LogP contribution in [0.4, 0.5) is 5.69 Å². The van der Waals surface area contributed by atoms with Crippen LogP contribution in [0.3, 0.4) is 0 Å². The van der Waals surface area contributed by atoms with Gasteiger partial charge in [0.05, 0.1) is 14.2 Å². The van der Waals surface area contributed by atoms with Crippen LogP contribution in [0.5, 0.6) is 11.5 Å². The molecule has 0 spiro atoms. The van der Waals surface area contributed by atoms with E-state index in [0.29, 0.717) is 12.1 Å². The van der Waals surface area contributed by atoms with E-state index in [-0.39, 0.29) is 0 Å². The van der Waals surface area contributed by atoms with Crippen molar-refractivity contribution in [2.75, 3.05) is 26.1 Å². The number of hydrogen-bond donors (Lipinski definition) is 1. The second-order valence-electron chi connectivity index (χ2n) is 6.38. The van der Waals surface area contributed by atoms with Crippen LogP contribution in [0.25, 0.3) is 0 Å². The maximum absolute atomic E-state index is 5.41. The SMILES string of the molecule is COc1cc(C)c(NC2CC(C)N(C3CC3)C2)cc1OC. The van der Waals surface area contributed by atoms with Crippen LogP contribution in [-0.2, 0) is 0 Å². The van der Waals surface area contributed by atoms with Crippen molar-refractivity contribution in [3.63, 3.8) is 0 Å². The Labute approximate surface area is 127 Å². The molecule has 2 unspecified atom stereocenters. The van der Waals surface area contributed by atoms with Crippen molar-refractivity contribution in [2.45, 2.75) is 51.2 Å². The molecule has 1 aliphatic carbocycles. The van der Waals surface area contributed by atoms with Gasteiger partial charge >= 0.3 is 0 Å². The first-order chi connectivity index (χ1) is 10.1. The number of nitrogens with one attached hydrogen (secondary N) is 1. The normalized spacial score (nSPS) is 25.9. The Morgan fingerprint density at radius 3 is 2.43 bits per heavy atom. The van der Waals surface area contributed by atoms with Crippen molar-refractivity contribution in [3.8, 4) is 11.5 Å². The zero-order valence-corrected chi connectivity index (χ0v) is 13.5. The van der Waals surface area contributed by atoms with Gasteiger partial charge in [0.15, 0.2) is 11.5 Å². The van der Waals surface area contributed by atoms with Gasteiger partial charge < -0.3 is 14.8 Å². The molecule has 2 atom stereocenters. The van der Waals surface area contributed by atoms with Crippen LogP contribution in [0.15, 0.2) is 12.1 Å². The van der Waals surface area contributed by atoms with Crippen LogP contribution in [0.1, 0.15) is 31.7 Å². The summed E-state index contributed by atoms with van der Waals surface area (Å²) in [5.41, 5.74) is 2.35. The third kappa shape index (κ3) is 2.95. The highest BCUT2D eigenvalue weighted by Gasteiger charge is 2.38. The predicted octanol–water partition coefficient (Wildman–Crippen LogP) is 3.05. The van der Waals surface area contributed by atoms with Crippen molar-refractivity contribution in [2.24, 2.45) is 0 Å². The second-order valence-corrected chi connectivity index (χ2v) is 6.38. The molecule has 1 saturated carbocycles. The Bertz CT molecular complexity index is 514. The largest absolute Gasteiger partial charge is 0.493 e. The first-order valence-electron chi connectivity index (χ1n) is 7.87. The quantitative estimate of drug-likeness (QED) is 0.903. The van der Waals surface area contributed by atoms with Crippen LogP contribution in [-0.4, -0.2) is 43.8 Å². The minimum absolute atomic E-state index is 0.525. The lowest BCUT2D eigenvalue weighted by molar-refractivity contribution is 0.257. The van der Waals surface area contributed by atoms with Gasteiger partial charge in [-0.25, -0.2) is 0 Å². The molecule has 0 bridgehead atoms. The first kappa shape index (κ1) is 14.5. The molecule has 1 heterocycles. The van der Waals surface area contributed by atoms with Gasteiger partial charge in [0.25, 0.3) is 0 Å². The zero-order chi connectivity index (χ0) is 15.0. The Hall–Kier alpha value is -1.42. The summed E-state index contributed by atoms with van der Waals surface area (Å²) >= 11 is 0. The van der Waals surface area contributed by atoms with Gasteiger partial charge in [-0.15, -0.1) is 0 Å². The number of methoxy groups -OCH3 is 2. The third-order valence-corrected chi connectivity index (χ3v) is 4.73. The zero-order valence-electron chi connectivity index (χ0n) is 13.5. The molecule has 21 heavy (non-hydrogen) atoms. The molecule has 1 saturated heterocycles. The summed E-state index contributed by atoms with van der Waals surface area (Å²) in [5, 5.41) is 3.70. The molecular formula is C17H26N2O2. The molecule has 2 fully saturated rings. The molecule has 1 N–H and O–H groups in total. The average molecular weight is 290 g/mol. The fraction of sp³-hybridized carbons (Fsp3) is 0.647. The molecule has 1 aliphatic heterocycles. The highest BCUT2D eigenvalue weighted by atomic mass is 16.5. The summed E-state index contributed by atoms with van der Waals surface area (Å²) in [6.45, 7) is 5.61. The van der Waals surface area contributed by atoms with Crippen LogP contribution in [0.2, 0.25) is 0 Å². The third-order valence-electron chi connectivity index (χ3n) is 4.73. The van der Waals surface area contributed by atoms with Gasteiger partial charge in [0.2, 0.25) is 0 Å². The summed E-state index contributed by atoms with van der Waals surface area (Å²) in [5.74, 6) is 1.58. The maximum atomic E-state index is 5.41. The van der Waals surface area contributed by atoms with Crippen LogP contribution < -0.4 is 14.8 Å². The van der Waals surface area contributed by atoms with Gasteiger partial charge in [-0.05, 0) is 44.7 Å². The molecule has 1 aromatic carbocycles. The first-order valence-corrected chi connectivity index (χ1v) is 7.87. The lowest BCUT2D eigenvalue weighted by Gasteiger charge is -2.20. The van der Waals surface area contributed by atoms with E-state index in [1.54, 1.807) is 14.2 Å². The predicted molar refractivity (Wildman–Crippen MR) is 85.5 cm³/mol. The number of nitrogens with zero attached hydrogens (tertiary/aromatic N) is 1. The molecule has 4 nitrogen and oxygen atoms in total. The Balaban J connectivity index is 1.72. The van der Waals surface area contributed by atoms with Crippen LogP contribution in [0, 0.1) is 6.92 Å². The summed E-state index contributed by atoms with van der Waals surface area (Å²) in [6, 6.07) is 6.16. The summed E-state index contributed by atoms with van der Waals surface area (Å²) < 4.78 is 10.8. The van der Waals surface area contributed by atoms with Gasteiger partial charge in [-0.3, -0.25) is 4.90 Å². The van der Waals surface area contributed by atoms with Gasteiger partial charge in [0.1, 0.15) is 0 Å². The van der Waals surface area contributed by atoms with E-state index in [1.807, 2.05) is 6.07 Å². The fourth-order valence-corrected chi connectivity index (χ4v) is 3.43. The summed E-state index contributed by atoms with van der Waals surface area (Å²) in [6.07, 6.45) is 3.98. The smallest absolute Gasteiger partial charge is 0.162 e. The molecule has 2 aliphatic rings. The van der Waals surface area contributed by atoms with Gasteiger partial charge in [-0.2, -0.15) is 0 Å². The molecule has 4 heteroatoms. The number of rotatable bonds is 5. The van der Waals surface area contributed by atoms with Crippen molar-refractivity contribution < 1.29 is 9.47 Å². The lowest BCUT2D eigenvalue weighted by Crippen LogP contribution is -2.31.